The molecular formula is C21H26AsN6O2. The third kappa shape index (κ3) is 4.75. The van der Waals surface area contributed by atoms with Gasteiger partial charge >= 0.3 is 183 Å². The fraction of sp³-hybridized carbons (Fsp3) is 0.429. The molecule has 1 saturated carbocycles. The summed E-state index contributed by atoms with van der Waals surface area (Å²) in [6.45, 7) is 6.15. The first-order chi connectivity index (χ1) is 14.4. The first-order valence-corrected chi connectivity index (χ1v) is 12.1. The molecule has 2 aliphatic rings. The van der Waals surface area contributed by atoms with Gasteiger partial charge in [-0.1, -0.05) is 0 Å². The van der Waals surface area contributed by atoms with Crippen molar-refractivity contribution in [2.24, 2.45) is 5.73 Å². The van der Waals surface area contributed by atoms with Gasteiger partial charge in [-0.25, -0.2) is 0 Å². The molecule has 1 atom stereocenters. The van der Waals surface area contributed by atoms with Crippen molar-refractivity contribution in [2.45, 2.75) is 38.8 Å². The predicted molar refractivity (Wildman–Crippen MR) is 118 cm³/mol. The molecular weight excluding hydrogens is 443 g/mol. The summed E-state index contributed by atoms with van der Waals surface area (Å²) in [6, 6.07) is 9.08. The number of hydrogen-bond acceptors (Lipinski definition) is 6. The van der Waals surface area contributed by atoms with E-state index in [9.17, 15) is 9.59 Å². The van der Waals surface area contributed by atoms with Crippen LogP contribution in [0.4, 0.5) is 11.5 Å². The van der Waals surface area contributed by atoms with Gasteiger partial charge in [0.25, 0.3) is 0 Å². The number of carbonyl (C=O) groups is 2. The molecule has 2 fully saturated rings. The van der Waals surface area contributed by atoms with E-state index in [4.69, 9.17) is 5.73 Å². The molecule has 0 spiro atoms. The zero-order chi connectivity index (χ0) is 21.3. The van der Waals surface area contributed by atoms with Crippen molar-refractivity contribution in [1.82, 2.24) is 14.9 Å². The second-order valence-corrected chi connectivity index (χ2v) is 10.2. The average molecular weight is 469 g/mol. The summed E-state index contributed by atoms with van der Waals surface area (Å²) in [6.07, 6.45) is 3.72. The van der Waals surface area contributed by atoms with Crippen LogP contribution in [0.25, 0.3) is 0 Å². The molecule has 1 aliphatic carbocycles. The molecule has 157 valence electrons. The van der Waals surface area contributed by atoms with Crippen LogP contribution in [0.2, 0.25) is 0 Å². The maximum atomic E-state index is 11.7. The van der Waals surface area contributed by atoms with E-state index in [0.717, 1.165) is 42.8 Å². The van der Waals surface area contributed by atoms with Gasteiger partial charge in [-0.15, -0.1) is 0 Å². The van der Waals surface area contributed by atoms with Crippen molar-refractivity contribution in [3.05, 3.63) is 36.0 Å². The number of hydrogen-bond donors (Lipinski definition) is 2. The second-order valence-electron chi connectivity index (χ2n) is 7.85. The summed E-state index contributed by atoms with van der Waals surface area (Å²) in [7, 11) is 0. The molecule has 2 heterocycles. The van der Waals surface area contributed by atoms with Crippen molar-refractivity contribution >= 4 is 48.0 Å². The topological polar surface area (TPSA) is 104 Å². The van der Waals surface area contributed by atoms with Crippen LogP contribution in [0.15, 0.2) is 30.5 Å². The van der Waals surface area contributed by atoms with Crippen molar-refractivity contribution in [3.8, 4) is 0 Å². The fourth-order valence-electron chi connectivity index (χ4n) is 3.65. The van der Waals surface area contributed by atoms with Gasteiger partial charge < -0.3 is 0 Å². The summed E-state index contributed by atoms with van der Waals surface area (Å²) in [5, 5.41) is 3.29. The fourth-order valence-corrected chi connectivity index (χ4v) is 5.32. The Morgan fingerprint density at radius 1 is 1.20 bits per heavy atom. The average Bonchev–Trinajstić information content (AvgIpc) is 3.52. The van der Waals surface area contributed by atoms with Gasteiger partial charge in [0, 0.05) is 0 Å². The van der Waals surface area contributed by atoms with Crippen LogP contribution in [-0.4, -0.2) is 74.2 Å². The molecule has 1 radical (unpaired) electrons. The SMILES string of the molecule is CC(=O)N1CCN(c2ccc([As]c3ncc(C(N)=O)c(NC4CC4)n3)cc2)C[C@H]1C. The van der Waals surface area contributed by atoms with Crippen molar-refractivity contribution in [3.63, 3.8) is 0 Å². The third-order valence-electron chi connectivity index (χ3n) is 5.44. The molecule has 4 rings (SSSR count). The second kappa shape index (κ2) is 8.64. The monoisotopic (exact) mass is 469 g/mol. The van der Waals surface area contributed by atoms with E-state index in [-0.39, 0.29) is 11.9 Å². The molecule has 8 nitrogen and oxygen atoms in total. The van der Waals surface area contributed by atoms with Crippen LogP contribution in [-0.2, 0) is 4.79 Å². The Kier molecular flexibility index (Phi) is 5.95. The van der Waals surface area contributed by atoms with Crippen LogP contribution in [0.1, 0.15) is 37.0 Å². The molecule has 1 aromatic carbocycles. The molecule has 1 aliphatic heterocycles. The molecule has 0 bridgehead atoms. The molecule has 1 aromatic heterocycles. The minimum absolute atomic E-state index is 0.138. The van der Waals surface area contributed by atoms with E-state index in [0.29, 0.717) is 17.4 Å². The van der Waals surface area contributed by atoms with Gasteiger partial charge in [0.05, 0.1) is 0 Å². The molecule has 9 heteroatoms. The standard InChI is InChI=1S/C21H26AsN6O2/c1-13-12-27(9-10-28(13)14(2)29)17-7-3-15(4-8-17)22-21-24-11-18(19(23)30)20(26-21)25-16-5-6-16/h3-4,7-8,11,13,16H,5-6,9-10,12H2,1-2H3,(H2,23,30)(H,24,25,26)/t13-/m1/s1. The van der Waals surface area contributed by atoms with E-state index in [1.807, 2.05) is 4.90 Å². The van der Waals surface area contributed by atoms with Gasteiger partial charge in [0.15, 0.2) is 0 Å². The number of rotatable bonds is 6. The number of aromatic nitrogens is 2. The van der Waals surface area contributed by atoms with E-state index in [1.54, 1.807) is 6.92 Å². The summed E-state index contributed by atoms with van der Waals surface area (Å²) in [4.78, 5) is 36.5. The normalized spacial score (nSPS) is 19.3. The number of benzene rings is 1. The van der Waals surface area contributed by atoms with Crippen LogP contribution < -0.4 is 24.9 Å². The minimum atomic E-state index is -0.510. The Hall–Kier alpha value is -2.60. The number of amides is 2. The molecule has 30 heavy (non-hydrogen) atoms. The quantitative estimate of drug-likeness (QED) is 0.571. The van der Waals surface area contributed by atoms with E-state index in [1.165, 1.54) is 10.5 Å². The Morgan fingerprint density at radius 2 is 1.93 bits per heavy atom. The van der Waals surface area contributed by atoms with Crippen LogP contribution >= 0.6 is 0 Å². The number of nitrogens with one attached hydrogen (secondary N) is 1. The Balaban J connectivity index is 1.43. The number of nitrogens with zero attached hydrogens (tertiary/aromatic N) is 4. The van der Waals surface area contributed by atoms with E-state index >= 15 is 0 Å². The Labute approximate surface area is 182 Å². The van der Waals surface area contributed by atoms with Gasteiger partial charge in [-0.2, -0.15) is 0 Å². The maximum absolute atomic E-state index is 11.7. The summed E-state index contributed by atoms with van der Waals surface area (Å²) in [5.41, 5.74) is 6.97. The Morgan fingerprint density at radius 3 is 2.53 bits per heavy atom. The van der Waals surface area contributed by atoms with E-state index < -0.39 is 21.7 Å². The zero-order valence-corrected chi connectivity index (χ0v) is 19.1. The van der Waals surface area contributed by atoms with Crippen molar-refractivity contribution in [2.75, 3.05) is 29.9 Å². The number of nitrogens with two attached hydrogens (primary N) is 1. The van der Waals surface area contributed by atoms with Crippen LogP contribution in [0.5, 0.6) is 0 Å². The van der Waals surface area contributed by atoms with Crippen LogP contribution in [0, 0.1) is 0 Å². The first-order valence-electron chi connectivity index (χ1n) is 10.2. The number of anilines is 2. The predicted octanol–water partition coefficient (Wildman–Crippen LogP) is -0.138. The zero-order valence-electron chi connectivity index (χ0n) is 17.2. The summed E-state index contributed by atoms with van der Waals surface area (Å²) >= 11 is -0.399. The molecule has 2 amide bonds. The molecule has 3 N–H and O–H groups in total. The third-order valence-corrected chi connectivity index (χ3v) is 7.47. The van der Waals surface area contributed by atoms with Crippen molar-refractivity contribution < 1.29 is 9.59 Å². The van der Waals surface area contributed by atoms with Gasteiger partial charge in [0.1, 0.15) is 0 Å². The first kappa shape index (κ1) is 20.7. The number of primary amides is 1. The number of carbonyl (C=O) groups excluding carboxylic acids is 2. The summed E-state index contributed by atoms with van der Waals surface area (Å²) in [5.74, 6) is 0.183. The van der Waals surface area contributed by atoms with Crippen LogP contribution in [0.3, 0.4) is 0 Å². The number of piperazine rings is 1. The van der Waals surface area contributed by atoms with Crippen molar-refractivity contribution in [1.29, 1.82) is 0 Å². The molecule has 0 unspecified atom stereocenters. The Bertz CT molecular complexity index is 947. The van der Waals surface area contributed by atoms with Gasteiger partial charge in [0.2, 0.25) is 0 Å². The molecule has 2 aromatic rings. The van der Waals surface area contributed by atoms with E-state index in [2.05, 4.69) is 51.4 Å². The molecule has 1 saturated heterocycles. The summed E-state index contributed by atoms with van der Waals surface area (Å²) < 4.78 is 1.94. The van der Waals surface area contributed by atoms with Gasteiger partial charge in [-0.05, 0) is 0 Å². The van der Waals surface area contributed by atoms with Gasteiger partial charge in [-0.3, -0.25) is 0 Å².